The Morgan fingerprint density at radius 3 is 1.75 bits per heavy atom. The number of aliphatic hydroxyl groups excluding tert-OH is 4. The van der Waals surface area contributed by atoms with Crippen molar-refractivity contribution in [3.63, 3.8) is 0 Å². The highest BCUT2D eigenvalue weighted by molar-refractivity contribution is 6.39. The molecule has 8 aliphatic rings. The van der Waals surface area contributed by atoms with Crippen molar-refractivity contribution in [2.75, 3.05) is 48.6 Å². The molecule has 6 N–H and O–H groups in total. The predicted molar refractivity (Wildman–Crippen MR) is 456 cm³/mol. The van der Waals surface area contributed by atoms with Gasteiger partial charge in [-0.05, 0) is 209 Å². The average molecular weight is 1700 g/mol. The van der Waals surface area contributed by atoms with Crippen LogP contribution in [-0.2, 0) is 85.8 Å². The molecule has 4 bridgehead atoms. The van der Waals surface area contributed by atoms with E-state index in [9.17, 15) is 73.8 Å². The highest BCUT2D eigenvalue weighted by Crippen LogP contribution is 2.43. The van der Waals surface area contributed by atoms with Crippen LogP contribution in [0.25, 0.3) is 0 Å². The molecule has 1 unspecified atom stereocenters. The van der Waals surface area contributed by atoms with Crippen LogP contribution in [0.1, 0.15) is 238 Å². The molecule has 6 heterocycles. The molecular weight excluding hydrogens is 1550 g/mol. The molecule has 29 atom stereocenters. The van der Waals surface area contributed by atoms with E-state index in [0.717, 1.165) is 17.6 Å². The first-order chi connectivity index (χ1) is 57.2. The Morgan fingerprint density at radius 2 is 1.16 bits per heavy atom. The molecule has 4 saturated heterocycles. The van der Waals surface area contributed by atoms with Crippen molar-refractivity contribution in [3.05, 3.63) is 83.6 Å². The van der Waals surface area contributed by atoms with Crippen molar-refractivity contribution >= 4 is 52.7 Å². The predicted octanol–water partition coefficient (Wildman–Crippen LogP) is 11.4. The number of hydrogen-bond acceptors (Lipinski definition) is 24. The third kappa shape index (κ3) is 27.0. The number of rotatable bonds is 12. The van der Waals surface area contributed by atoms with E-state index in [-0.39, 0.29) is 110 Å². The fraction of sp³-hybridized carbons (Fsp3) is 0.758. The van der Waals surface area contributed by atoms with Gasteiger partial charge >= 0.3 is 11.9 Å². The fourth-order valence-electron chi connectivity index (χ4n) is 19.5. The number of hydrogen-bond donors (Lipinski definition) is 6. The lowest BCUT2D eigenvalue weighted by molar-refractivity contribution is -0.302. The molecule has 26 nitrogen and oxygen atoms in total. The van der Waals surface area contributed by atoms with E-state index in [1.54, 1.807) is 61.0 Å². The minimum Gasteiger partial charge on any atom is -0.460 e. The number of methoxy groups -OCH3 is 5. The van der Waals surface area contributed by atoms with Crippen LogP contribution in [0.4, 0.5) is 0 Å². The lowest BCUT2D eigenvalue weighted by Crippen LogP contribution is -2.64. The number of Topliss-reactive ketones (excluding diaryl/α,β-unsaturated/α-hetero) is 5. The van der Waals surface area contributed by atoms with Crippen LogP contribution in [0.15, 0.2) is 83.6 Å². The van der Waals surface area contributed by atoms with Gasteiger partial charge in [0, 0.05) is 97.0 Å². The zero-order valence-electron chi connectivity index (χ0n) is 75.6. The van der Waals surface area contributed by atoms with Crippen molar-refractivity contribution in [2.24, 2.45) is 71.0 Å². The van der Waals surface area contributed by atoms with Gasteiger partial charge in [-0.15, -0.1) is 6.58 Å². The quantitative estimate of drug-likeness (QED) is 0.0600. The topological polar surface area (TPSA) is 365 Å². The van der Waals surface area contributed by atoms with Gasteiger partial charge in [0.1, 0.15) is 54.2 Å². The Balaban J connectivity index is 0.000000335. The number of cyclic esters (lactones) is 2. The summed E-state index contributed by atoms with van der Waals surface area (Å²) in [5.74, 6) is -15.4. The molecule has 6 fully saturated rings. The number of amides is 2. The first-order valence-corrected chi connectivity index (χ1v) is 44.7. The molecule has 2 amide bonds. The zero-order valence-corrected chi connectivity index (χ0v) is 75.6. The fourth-order valence-corrected chi connectivity index (χ4v) is 19.5. The number of allylic oxidation sites excluding steroid dienone is 11. The Kier molecular flexibility index (Phi) is 40.0. The van der Waals surface area contributed by atoms with E-state index in [2.05, 4.69) is 6.58 Å². The number of nitrogens with zero attached hydrogens (tertiary/aromatic N) is 2. The Morgan fingerprint density at radius 1 is 0.579 bits per heavy atom. The van der Waals surface area contributed by atoms with Crippen molar-refractivity contribution in [3.8, 4) is 0 Å². The third-order valence-electron chi connectivity index (χ3n) is 27.5. The highest BCUT2D eigenvalue weighted by Gasteiger charge is 2.58. The number of aliphatic hydroxyl groups is 6. The van der Waals surface area contributed by atoms with Gasteiger partial charge in [0.15, 0.2) is 5.78 Å². The number of piperidine rings is 2. The molecular formula is C95H148N2O24. The third-order valence-corrected chi connectivity index (χ3v) is 27.5. The monoisotopic (exact) mass is 1700 g/mol. The summed E-state index contributed by atoms with van der Waals surface area (Å²) in [7, 11) is 7.57. The molecule has 121 heavy (non-hydrogen) atoms. The van der Waals surface area contributed by atoms with Gasteiger partial charge in [-0.2, -0.15) is 0 Å². The second kappa shape index (κ2) is 47.5. The van der Waals surface area contributed by atoms with E-state index >= 15 is 0 Å². The van der Waals surface area contributed by atoms with Crippen LogP contribution < -0.4 is 0 Å². The van der Waals surface area contributed by atoms with Crippen molar-refractivity contribution in [1.29, 1.82) is 0 Å². The second-order valence-electron chi connectivity index (χ2n) is 37.0. The maximum atomic E-state index is 14.3. The molecule has 0 spiro atoms. The van der Waals surface area contributed by atoms with Crippen molar-refractivity contribution in [1.82, 2.24) is 9.80 Å². The van der Waals surface area contributed by atoms with E-state index in [1.165, 1.54) is 31.1 Å². The van der Waals surface area contributed by atoms with Crippen LogP contribution in [0, 0.1) is 71.0 Å². The summed E-state index contributed by atoms with van der Waals surface area (Å²) in [5.41, 5.74) is 3.07. The molecule has 26 heteroatoms. The van der Waals surface area contributed by atoms with Gasteiger partial charge in [-0.25, -0.2) is 9.59 Å². The highest BCUT2D eigenvalue weighted by atomic mass is 16.7. The number of ketones is 5. The van der Waals surface area contributed by atoms with Gasteiger partial charge in [-0.3, -0.25) is 33.6 Å². The molecule has 0 aromatic heterocycles. The van der Waals surface area contributed by atoms with Crippen LogP contribution in [0.2, 0.25) is 0 Å². The van der Waals surface area contributed by atoms with E-state index in [0.29, 0.717) is 120 Å². The van der Waals surface area contributed by atoms with Gasteiger partial charge in [-0.1, -0.05) is 128 Å². The van der Waals surface area contributed by atoms with Crippen molar-refractivity contribution in [2.45, 2.75) is 341 Å². The summed E-state index contributed by atoms with van der Waals surface area (Å²) >= 11 is 0. The molecule has 0 radical (unpaired) electrons. The lowest BCUT2D eigenvalue weighted by Gasteiger charge is -2.47. The van der Waals surface area contributed by atoms with Gasteiger partial charge < -0.3 is 83.1 Å². The van der Waals surface area contributed by atoms with E-state index < -0.39 is 162 Å². The Bertz CT molecular complexity index is 3680. The molecule has 2 saturated carbocycles. The van der Waals surface area contributed by atoms with Crippen LogP contribution in [0.3, 0.4) is 0 Å². The molecule has 0 aromatic rings. The molecule has 8 rings (SSSR count). The van der Waals surface area contributed by atoms with Gasteiger partial charge in [0.2, 0.25) is 11.6 Å². The number of carbonyl (C=O) groups excluding carboxylic acids is 9. The maximum Gasteiger partial charge on any atom is 0.329 e. The number of carbonyl (C=O) groups is 9. The second-order valence-corrected chi connectivity index (χ2v) is 37.0. The molecule has 2 aliphatic carbocycles. The van der Waals surface area contributed by atoms with E-state index in [1.807, 2.05) is 97.9 Å². The largest absolute Gasteiger partial charge is 0.460 e. The van der Waals surface area contributed by atoms with Crippen LogP contribution in [0.5, 0.6) is 0 Å². The molecule has 682 valence electrons. The number of fused-ring (bicyclic) bond motifs is 6. The lowest BCUT2D eigenvalue weighted by atomic mass is 9.78. The number of ether oxygens (including phenoxy) is 9. The van der Waals surface area contributed by atoms with Crippen LogP contribution >= 0.6 is 0 Å². The van der Waals surface area contributed by atoms with Gasteiger partial charge in [0.25, 0.3) is 23.4 Å². The maximum absolute atomic E-state index is 14.3. The SMILES string of the molecule is C=CC[C@@H]1/C=C(\C)C[C@H](C)C[C@H](OC)[C@H]2O[C@@](O)(C(=O)C(=O)N3CCCC[C@H]3C(=O)O[C@H](/C(C)=C/[C@@H]3CC[C@@H](O)[C@H](OC)C3)[C@H](C)[C@@H](O)CC1=O)[C@H](C)C[C@@H]2OC.CO[C@@H]1C[C@H](C[C@@H](C)[C@@H]2CC(=O)[C@H](C)/C=C(\C)[C@@H](O)[C@@H](OC)C(=O)[C@H](C)CC(C)/C=C/C=C/C=C(\C)[C@@H](C)C[C@@H]3CC[C@@H](C)[C@@](O)(O3)C(=O)C(=O)N3CCCC[C@H]3C(=O)O2)CC[C@H]1O. The minimum absolute atomic E-state index is 0.00988. The summed E-state index contributed by atoms with van der Waals surface area (Å²) < 4.78 is 53.3. The Labute approximate surface area is 719 Å². The first-order valence-electron chi connectivity index (χ1n) is 44.7. The van der Waals surface area contributed by atoms with E-state index in [4.69, 9.17) is 42.6 Å². The number of esters is 2. The minimum atomic E-state index is -2.51. The van der Waals surface area contributed by atoms with Crippen molar-refractivity contribution < 1.29 is 116 Å². The summed E-state index contributed by atoms with van der Waals surface area (Å²) in [4.78, 5) is 129. The summed E-state index contributed by atoms with van der Waals surface area (Å²) in [6, 6.07) is -2.26. The smallest absolute Gasteiger partial charge is 0.329 e. The van der Waals surface area contributed by atoms with Crippen LogP contribution in [-0.4, -0.2) is 245 Å². The first kappa shape index (κ1) is 102. The van der Waals surface area contributed by atoms with Gasteiger partial charge in [0.05, 0.1) is 48.8 Å². The standard InChI is InChI=1S/C51H79NO12.C44H69NO12/c1-30-16-12-11-13-17-31(2)32(3)27-39-21-19-37(8)51(60,64-39)48(57)49(58)52-23-15-14-18-40(52)50(59)63-43(34(5)26-38-20-22-41(53)44(28-38)61-9)29-42(54)33(4)25-36(7)46(56)47(62-10)45(55)35(6)24-30;1-10-13-31-19-25(2)18-26(3)20-37(54-8)40-38(55-9)22-28(5)44(52,57-40)41(49)42(50)45-17-12-11-14-32(45)43(51)56-39(29(6)34(47)24-35(31)48)27(4)21-30-15-16-33(46)36(23-30)53-7/h11-13,16-17,25,30,32-35,37-41,43-44,46-47,53,56,60H,14-15,18-24,26-29H2,1-10H3;10,19,21,26,28-34,36-40,46-47,52H,1,11-18,20,22-24H2,2-9H3/b13-11+,16-12+,31-17+,36-25+;25-19+,27-21+/t30?,32-,33+,34+,35+,37+,38-,39-,40-,41+,43-,44+,46+,47-,51+;26-,28+,29+,30-,31+,32-,33+,34-,36+,37-,38-,39+,40+,44+/m00/s1. The summed E-state index contributed by atoms with van der Waals surface area (Å²) in [5, 5.41) is 67.9. The Hall–Kier alpha value is -6.11. The molecule has 6 aliphatic heterocycles. The molecule has 0 aromatic carbocycles. The normalized spacial score (nSPS) is 40.9. The average Bonchev–Trinajstić information content (AvgIpc) is 0.833. The summed E-state index contributed by atoms with van der Waals surface area (Å²) in [6.45, 7) is 28.1. The zero-order chi connectivity index (χ0) is 89.7. The summed E-state index contributed by atoms with van der Waals surface area (Å²) in [6.07, 6.45) is 17.4.